The highest BCUT2D eigenvalue weighted by Gasteiger charge is 2.45. The number of carbonyl (C=O) groups excluding carboxylic acids is 6. The van der Waals surface area contributed by atoms with E-state index in [9.17, 15) is 28.8 Å². The predicted molar refractivity (Wildman–Crippen MR) is 193 cm³/mol. The van der Waals surface area contributed by atoms with Gasteiger partial charge in [-0.25, -0.2) is 4.79 Å². The second-order valence-corrected chi connectivity index (χ2v) is 14.5. The van der Waals surface area contributed by atoms with E-state index in [0.29, 0.717) is 12.2 Å². The number of piperazine rings is 1. The van der Waals surface area contributed by atoms with E-state index >= 15 is 0 Å². The molecule has 0 radical (unpaired) electrons. The first-order valence-corrected chi connectivity index (χ1v) is 18.2. The number of nitrogens with zero attached hydrogens (tertiary/aromatic N) is 4. The zero-order valence-corrected chi connectivity index (χ0v) is 29.9. The van der Waals surface area contributed by atoms with Gasteiger partial charge in [-0.05, 0) is 68.9 Å². The van der Waals surface area contributed by atoms with Crippen molar-refractivity contribution in [1.29, 1.82) is 0 Å². The van der Waals surface area contributed by atoms with Crippen molar-refractivity contribution in [2.75, 3.05) is 36.4 Å². The van der Waals surface area contributed by atoms with Crippen LogP contribution in [0.25, 0.3) is 0 Å². The molecule has 0 spiro atoms. The van der Waals surface area contributed by atoms with Crippen LogP contribution in [-0.2, 0) is 32.1 Å². The highest BCUT2D eigenvalue weighted by molar-refractivity contribution is 6.23. The summed E-state index contributed by atoms with van der Waals surface area (Å²) < 4.78 is 5.53. The Morgan fingerprint density at radius 2 is 1.64 bits per heavy atom. The fourth-order valence-corrected chi connectivity index (χ4v) is 7.57. The minimum atomic E-state index is -0.987. The lowest BCUT2D eigenvalue weighted by atomic mass is 10.0. The van der Waals surface area contributed by atoms with Gasteiger partial charge in [0.25, 0.3) is 11.8 Å². The number of nitrogens with one attached hydrogen (secondary N) is 4. The first kappa shape index (κ1) is 35.8. The van der Waals surface area contributed by atoms with E-state index in [1.54, 1.807) is 12.1 Å². The third kappa shape index (κ3) is 8.09. The Morgan fingerprint density at radius 1 is 0.906 bits per heavy atom. The number of hydrogen-bond acceptors (Lipinski definition) is 10. The summed E-state index contributed by atoms with van der Waals surface area (Å²) in [6.45, 7) is 7.59. The standard InChI is InChI=1S/C38H44N8O7/c1-22(2)39-38(52)53-27-9-7-25(18-27)30-20-32(43-42-30)40-34(48)17-23-3-5-24(6-4-23)21-44-13-15-45(16-14-44)26-8-10-28-29(19-26)37(51)46(36(28)50)31-11-12-33(47)41-35(31)49/h3-6,8,10,19-20,22,25,27,31H,7,9,11-18,21H2,1-2H3,(H,39,52)(H,41,47,49)(H2,40,42,43,48)/t25-,27+,31?/m0/s1. The molecular weight excluding hydrogens is 680 g/mol. The van der Waals surface area contributed by atoms with Gasteiger partial charge in [-0.2, -0.15) is 5.10 Å². The molecule has 4 heterocycles. The van der Waals surface area contributed by atoms with Crippen LogP contribution in [0.4, 0.5) is 16.3 Å². The number of imide groups is 2. The fourth-order valence-electron chi connectivity index (χ4n) is 7.57. The Bertz CT molecular complexity index is 1920. The SMILES string of the molecule is CC(C)NC(=O)O[C@@H]1CC[C@H](c2cc(NC(=O)Cc3ccc(CN4CCN(c5ccc6c(c5)C(=O)N(C5CCC(=O)NC5=O)C6=O)CC4)cc3)n[nH]2)C1. The van der Waals surface area contributed by atoms with Crippen LogP contribution < -0.4 is 20.9 Å². The van der Waals surface area contributed by atoms with Crippen LogP contribution in [0.2, 0.25) is 0 Å². The molecule has 2 aromatic carbocycles. The lowest BCUT2D eigenvalue weighted by molar-refractivity contribution is -0.136. The number of anilines is 2. The second-order valence-electron chi connectivity index (χ2n) is 14.5. The van der Waals surface area contributed by atoms with Crippen LogP contribution in [0.15, 0.2) is 48.5 Å². The number of aromatic amines is 1. The molecule has 1 saturated carbocycles. The average Bonchev–Trinajstić information content (AvgIpc) is 3.84. The Hall–Kier alpha value is -5.57. The smallest absolute Gasteiger partial charge is 0.407 e. The van der Waals surface area contributed by atoms with Crippen molar-refractivity contribution in [3.05, 3.63) is 76.5 Å². The molecule has 1 aliphatic carbocycles. The van der Waals surface area contributed by atoms with Crippen molar-refractivity contribution in [3.63, 3.8) is 0 Å². The lowest BCUT2D eigenvalue weighted by Crippen LogP contribution is -2.54. The van der Waals surface area contributed by atoms with Crippen LogP contribution >= 0.6 is 0 Å². The number of carbonyl (C=O) groups is 6. The molecule has 3 aliphatic heterocycles. The van der Waals surface area contributed by atoms with Crippen LogP contribution in [0.1, 0.15) is 89.4 Å². The average molecular weight is 725 g/mol. The molecule has 4 N–H and O–H groups in total. The maximum Gasteiger partial charge on any atom is 0.407 e. The van der Waals surface area contributed by atoms with Gasteiger partial charge >= 0.3 is 6.09 Å². The zero-order valence-electron chi connectivity index (χ0n) is 29.9. The molecule has 3 fully saturated rings. The quantitative estimate of drug-likeness (QED) is 0.227. The van der Waals surface area contributed by atoms with Gasteiger partial charge in [0.2, 0.25) is 17.7 Å². The molecule has 53 heavy (non-hydrogen) atoms. The minimum Gasteiger partial charge on any atom is -0.446 e. The largest absolute Gasteiger partial charge is 0.446 e. The Balaban J connectivity index is 0.856. The summed E-state index contributed by atoms with van der Waals surface area (Å²) in [5, 5.41) is 15.2. The van der Waals surface area contributed by atoms with Crippen molar-refractivity contribution in [2.24, 2.45) is 0 Å². The number of ether oxygens (including phenoxy) is 1. The van der Waals surface area contributed by atoms with Crippen LogP contribution in [0.5, 0.6) is 0 Å². The Morgan fingerprint density at radius 3 is 2.38 bits per heavy atom. The molecule has 0 bridgehead atoms. The van der Waals surface area contributed by atoms with Crippen molar-refractivity contribution < 1.29 is 33.5 Å². The lowest BCUT2D eigenvalue weighted by Gasteiger charge is -2.36. The monoisotopic (exact) mass is 724 g/mol. The number of piperidine rings is 1. The maximum absolute atomic E-state index is 13.3. The van der Waals surface area contributed by atoms with E-state index in [0.717, 1.165) is 73.0 Å². The zero-order chi connectivity index (χ0) is 37.2. The van der Waals surface area contributed by atoms with Crippen molar-refractivity contribution in [1.82, 2.24) is 30.6 Å². The summed E-state index contributed by atoms with van der Waals surface area (Å²) in [4.78, 5) is 80.6. The Kier molecular flexibility index (Phi) is 10.3. The number of amides is 6. The van der Waals surface area contributed by atoms with E-state index in [1.807, 2.05) is 50.2 Å². The molecular formula is C38H44N8O7. The van der Waals surface area contributed by atoms with Crippen LogP contribution in [-0.4, -0.2) is 100.0 Å². The van der Waals surface area contributed by atoms with Gasteiger partial charge in [0.15, 0.2) is 5.82 Å². The third-order valence-corrected chi connectivity index (χ3v) is 10.3. The second kappa shape index (κ2) is 15.2. The van der Waals surface area contributed by atoms with Gasteiger partial charge in [-0.1, -0.05) is 24.3 Å². The van der Waals surface area contributed by atoms with Gasteiger partial charge < -0.3 is 20.3 Å². The number of alkyl carbamates (subject to hydrolysis) is 1. The van der Waals surface area contributed by atoms with Gasteiger partial charge in [0, 0.05) is 68.6 Å². The van der Waals surface area contributed by atoms with Gasteiger partial charge in [-0.3, -0.25) is 44.2 Å². The number of rotatable bonds is 10. The van der Waals surface area contributed by atoms with Crippen molar-refractivity contribution >= 4 is 47.1 Å². The number of H-pyrrole nitrogens is 1. The highest BCUT2D eigenvalue weighted by atomic mass is 16.6. The molecule has 6 amide bonds. The molecule has 1 aromatic heterocycles. The molecule has 2 saturated heterocycles. The highest BCUT2D eigenvalue weighted by Crippen LogP contribution is 2.36. The van der Waals surface area contributed by atoms with Crippen molar-refractivity contribution in [3.8, 4) is 0 Å². The van der Waals surface area contributed by atoms with Gasteiger partial charge in [0.05, 0.1) is 17.5 Å². The molecule has 278 valence electrons. The minimum absolute atomic E-state index is 0.0193. The summed E-state index contributed by atoms with van der Waals surface area (Å²) >= 11 is 0. The summed E-state index contributed by atoms with van der Waals surface area (Å²) in [5.74, 6) is -1.56. The molecule has 1 unspecified atom stereocenters. The maximum atomic E-state index is 13.3. The summed E-state index contributed by atoms with van der Waals surface area (Å²) in [7, 11) is 0. The number of aromatic nitrogens is 2. The summed E-state index contributed by atoms with van der Waals surface area (Å²) in [5.41, 5.74) is 4.33. The Labute approximate surface area is 306 Å². The van der Waals surface area contributed by atoms with Crippen LogP contribution in [0, 0.1) is 0 Å². The van der Waals surface area contributed by atoms with E-state index in [-0.39, 0.29) is 54.4 Å². The molecule has 15 heteroatoms. The van der Waals surface area contributed by atoms with Gasteiger partial charge in [-0.15, -0.1) is 0 Å². The van der Waals surface area contributed by atoms with E-state index in [1.165, 1.54) is 0 Å². The van der Waals surface area contributed by atoms with E-state index in [2.05, 4.69) is 35.9 Å². The van der Waals surface area contributed by atoms with Crippen LogP contribution in [0.3, 0.4) is 0 Å². The van der Waals surface area contributed by atoms with E-state index in [4.69, 9.17) is 4.74 Å². The topological polar surface area (TPSA) is 186 Å². The first-order chi connectivity index (χ1) is 25.5. The van der Waals surface area contributed by atoms with E-state index < -0.39 is 35.8 Å². The predicted octanol–water partition coefficient (Wildman–Crippen LogP) is 3.09. The number of fused-ring (bicyclic) bond motifs is 1. The molecule has 3 aromatic rings. The third-order valence-electron chi connectivity index (χ3n) is 10.3. The van der Waals surface area contributed by atoms with Gasteiger partial charge in [0.1, 0.15) is 12.1 Å². The van der Waals surface area contributed by atoms with Crippen molar-refractivity contribution in [2.45, 2.75) is 83.0 Å². The first-order valence-electron chi connectivity index (χ1n) is 18.2. The summed E-state index contributed by atoms with van der Waals surface area (Å²) in [6, 6.07) is 14.1. The normalized spacial score (nSPS) is 21.9. The molecule has 4 aliphatic rings. The molecule has 3 atom stereocenters. The molecule has 15 nitrogen and oxygen atoms in total. The fraction of sp³-hybridized carbons (Fsp3) is 0.447. The molecule has 7 rings (SSSR count). The number of benzene rings is 2. The number of hydrogen-bond donors (Lipinski definition) is 4. The summed E-state index contributed by atoms with van der Waals surface area (Å²) in [6.07, 6.45) is 2.23.